The van der Waals surface area contributed by atoms with E-state index in [2.05, 4.69) is 143 Å². The number of rotatable bonds is 3. The standard InChI is InChI=1S/C51H31N5S/c1-3-14-30(15-4-1)49-52-50(31-16-5-2-6-17-31)54-51(53-49)55-40-24-12-10-21-38(40)44-41(55)28-26-36-37-27-29-43-46-45-35(22-13-25-42(45)57-43)33-19-8-7-18-32(33)34-20-9-11-23-39(34)56(47(36)44)48(37)46/h1-20,22-29,38H,21H2. The fraction of sp³-hybridized carbons (Fsp3) is 0.0392. The Bertz CT molecular complexity index is 3500. The molecule has 0 saturated heterocycles. The predicted octanol–water partition coefficient (Wildman–Crippen LogP) is 13.5. The first-order chi connectivity index (χ1) is 28.3. The van der Waals surface area contributed by atoms with E-state index in [9.17, 15) is 0 Å². The van der Waals surface area contributed by atoms with Crippen LogP contribution in [-0.2, 0) is 0 Å². The Morgan fingerprint density at radius 3 is 1.91 bits per heavy atom. The Morgan fingerprint density at radius 1 is 0.509 bits per heavy atom. The Kier molecular flexibility index (Phi) is 6.37. The summed E-state index contributed by atoms with van der Waals surface area (Å²) in [5.41, 5.74) is 9.19. The number of thiophene rings is 1. The number of allylic oxidation sites excluding steroid dienone is 4. The first kappa shape index (κ1) is 31.1. The molecular weight excluding hydrogens is 715 g/mol. The van der Waals surface area contributed by atoms with E-state index >= 15 is 0 Å². The second-order valence-corrected chi connectivity index (χ2v) is 16.2. The summed E-state index contributed by atoms with van der Waals surface area (Å²) in [5.74, 6) is 2.03. The van der Waals surface area contributed by atoms with Gasteiger partial charge in [-0.05, 0) is 52.9 Å². The molecule has 6 heteroatoms. The molecule has 1 unspecified atom stereocenters. The average molecular weight is 746 g/mol. The van der Waals surface area contributed by atoms with Crippen molar-refractivity contribution in [2.75, 3.05) is 4.90 Å². The number of anilines is 2. The molecule has 2 aliphatic rings. The summed E-state index contributed by atoms with van der Waals surface area (Å²) in [6.45, 7) is 0. The van der Waals surface area contributed by atoms with Gasteiger partial charge in [0.2, 0.25) is 5.95 Å². The van der Waals surface area contributed by atoms with Crippen LogP contribution in [0.4, 0.5) is 11.6 Å². The maximum absolute atomic E-state index is 5.27. The third kappa shape index (κ3) is 4.30. The molecule has 0 spiro atoms. The monoisotopic (exact) mass is 745 g/mol. The molecule has 0 radical (unpaired) electrons. The summed E-state index contributed by atoms with van der Waals surface area (Å²) in [6.07, 6.45) is 7.63. The van der Waals surface area contributed by atoms with Crippen LogP contribution < -0.4 is 4.90 Å². The molecular formula is C51H31N5S. The van der Waals surface area contributed by atoms with Gasteiger partial charge in [-0.3, -0.25) is 4.90 Å². The zero-order valence-electron chi connectivity index (χ0n) is 30.6. The van der Waals surface area contributed by atoms with Crippen molar-refractivity contribution in [3.63, 3.8) is 0 Å². The molecule has 266 valence electrons. The predicted molar refractivity (Wildman–Crippen MR) is 238 cm³/mol. The molecule has 1 atom stereocenters. The molecule has 11 aromatic rings. The lowest BCUT2D eigenvalue weighted by Crippen LogP contribution is -2.18. The van der Waals surface area contributed by atoms with Crippen molar-refractivity contribution in [2.24, 2.45) is 0 Å². The molecule has 1 aliphatic heterocycles. The summed E-state index contributed by atoms with van der Waals surface area (Å²) in [6, 6.07) is 54.6. The highest BCUT2D eigenvalue weighted by Gasteiger charge is 2.39. The number of fused-ring (bicyclic) bond motifs is 12. The van der Waals surface area contributed by atoms with Crippen molar-refractivity contribution in [1.29, 1.82) is 0 Å². The molecule has 5 nitrogen and oxygen atoms in total. The fourth-order valence-electron chi connectivity index (χ4n) is 9.74. The number of para-hydroxylation sites is 1. The van der Waals surface area contributed by atoms with Gasteiger partial charge in [-0.25, -0.2) is 4.98 Å². The summed E-state index contributed by atoms with van der Waals surface area (Å²) in [7, 11) is 0. The zero-order chi connectivity index (χ0) is 37.2. The maximum atomic E-state index is 5.27. The lowest BCUT2D eigenvalue weighted by molar-refractivity contribution is 0.815. The van der Waals surface area contributed by atoms with E-state index < -0.39 is 0 Å². The summed E-state index contributed by atoms with van der Waals surface area (Å²) < 4.78 is 5.23. The topological polar surface area (TPSA) is 46.3 Å². The first-order valence-corrected chi connectivity index (χ1v) is 20.3. The van der Waals surface area contributed by atoms with Gasteiger partial charge in [-0.1, -0.05) is 140 Å². The highest BCUT2D eigenvalue weighted by atomic mass is 32.1. The smallest absolute Gasteiger partial charge is 0.238 e. The molecule has 0 fully saturated rings. The fourth-order valence-corrected chi connectivity index (χ4v) is 10.9. The molecule has 57 heavy (non-hydrogen) atoms. The van der Waals surface area contributed by atoms with Crippen LogP contribution in [0.5, 0.6) is 0 Å². The van der Waals surface area contributed by atoms with Crippen LogP contribution in [0.1, 0.15) is 17.9 Å². The molecule has 0 saturated carbocycles. The number of hydrogen-bond donors (Lipinski definition) is 0. The van der Waals surface area contributed by atoms with Crippen molar-refractivity contribution >= 4 is 92.0 Å². The van der Waals surface area contributed by atoms with Crippen molar-refractivity contribution in [2.45, 2.75) is 12.3 Å². The van der Waals surface area contributed by atoms with E-state index in [1.165, 1.54) is 80.3 Å². The molecule has 0 N–H and O–H groups in total. The van der Waals surface area contributed by atoms with Gasteiger partial charge in [0, 0.05) is 64.6 Å². The van der Waals surface area contributed by atoms with E-state index in [1.54, 1.807) is 0 Å². The van der Waals surface area contributed by atoms with Crippen molar-refractivity contribution in [3.05, 3.63) is 181 Å². The second-order valence-electron chi connectivity index (χ2n) is 15.1. The maximum Gasteiger partial charge on any atom is 0.238 e. The van der Waals surface area contributed by atoms with Crippen LogP contribution >= 0.6 is 11.3 Å². The van der Waals surface area contributed by atoms with Crippen molar-refractivity contribution in [1.82, 2.24) is 19.4 Å². The SMILES string of the molecule is C1=CCC2C(=C1)N(c1nc(-c3ccccc3)nc(-c3ccccc3)n1)c1ccc3c4ccc5sc6cccc7c8ccccc8c8ccccc8n(c3c12)c4c5c67. The van der Waals surface area contributed by atoms with Gasteiger partial charge in [-0.2, -0.15) is 9.97 Å². The lowest BCUT2D eigenvalue weighted by atomic mass is 9.90. The minimum atomic E-state index is 0.101. The Labute approximate surface area is 331 Å². The van der Waals surface area contributed by atoms with E-state index in [0.717, 1.165) is 23.2 Å². The van der Waals surface area contributed by atoms with Crippen LogP contribution in [-0.4, -0.2) is 19.4 Å². The van der Waals surface area contributed by atoms with Crippen molar-refractivity contribution < 1.29 is 0 Å². The van der Waals surface area contributed by atoms with Crippen LogP contribution in [0.15, 0.2) is 176 Å². The highest BCUT2D eigenvalue weighted by molar-refractivity contribution is 7.26. The van der Waals surface area contributed by atoms with Gasteiger partial charge >= 0.3 is 0 Å². The largest absolute Gasteiger partial charge is 0.308 e. The second kappa shape index (κ2) is 11.7. The minimum absolute atomic E-state index is 0.101. The molecule has 13 rings (SSSR count). The van der Waals surface area contributed by atoms with Gasteiger partial charge in [0.05, 0.1) is 22.2 Å². The third-order valence-electron chi connectivity index (χ3n) is 12.1. The van der Waals surface area contributed by atoms with Crippen LogP contribution in [0.3, 0.4) is 0 Å². The van der Waals surface area contributed by atoms with E-state index in [1.807, 2.05) is 47.7 Å². The molecule has 1 aliphatic carbocycles. The third-order valence-corrected chi connectivity index (χ3v) is 13.2. The average Bonchev–Trinajstić information content (AvgIpc) is 3.95. The summed E-state index contributed by atoms with van der Waals surface area (Å²) in [5, 5.41) is 10.2. The normalized spacial score (nSPS) is 15.1. The van der Waals surface area contributed by atoms with E-state index in [0.29, 0.717) is 17.6 Å². The molecule has 5 heterocycles. The number of hydrogen-bond acceptors (Lipinski definition) is 5. The van der Waals surface area contributed by atoms with Crippen molar-refractivity contribution in [3.8, 4) is 22.8 Å². The molecule has 0 amide bonds. The van der Waals surface area contributed by atoms with Gasteiger partial charge < -0.3 is 4.40 Å². The number of nitrogens with zero attached hydrogens (tertiary/aromatic N) is 5. The lowest BCUT2D eigenvalue weighted by Gasteiger charge is -2.23. The van der Waals surface area contributed by atoms with Gasteiger partial charge in [0.1, 0.15) is 0 Å². The number of benzene rings is 7. The first-order valence-electron chi connectivity index (χ1n) is 19.5. The summed E-state index contributed by atoms with van der Waals surface area (Å²) >= 11 is 1.89. The van der Waals surface area contributed by atoms with Gasteiger partial charge in [0.15, 0.2) is 11.6 Å². The highest BCUT2D eigenvalue weighted by Crippen LogP contribution is 2.55. The van der Waals surface area contributed by atoms with E-state index in [4.69, 9.17) is 15.0 Å². The zero-order valence-corrected chi connectivity index (χ0v) is 31.4. The molecule has 0 bridgehead atoms. The van der Waals surface area contributed by atoms with Gasteiger partial charge in [0.25, 0.3) is 0 Å². The minimum Gasteiger partial charge on any atom is -0.308 e. The van der Waals surface area contributed by atoms with E-state index in [-0.39, 0.29) is 5.92 Å². The quantitative estimate of drug-likeness (QED) is 0.181. The summed E-state index contributed by atoms with van der Waals surface area (Å²) in [4.78, 5) is 17.9. The Morgan fingerprint density at radius 2 is 1.14 bits per heavy atom. The Hall–Kier alpha value is -7.15. The van der Waals surface area contributed by atoms with Crippen LogP contribution in [0.2, 0.25) is 0 Å². The number of aromatic nitrogens is 4. The van der Waals surface area contributed by atoms with Crippen LogP contribution in [0.25, 0.3) is 91.8 Å². The van der Waals surface area contributed by atoms with Crippen LogP contribution in [0, 0.1) is 0 Å². The van der Waals surface area contributed by atoms with Gasteiger partial charge in [-0.15, -0.1) is 11.3 Å². The molecule has 7 aromatic carbocycles. The Balaban J connectivity index is 1.21. The molecule has 4 aromatic heterocycles.